The van der Waals surface area contributed by atoms with E-state index in [0.29, 0.717) is 4.47 Å². The highest BCUT2D eigenvalue weighted by Crippen LogP contribution is 2.26. The maximum atomic E-state index is 13.9. The summed E-state index contributed by atoms with van der Waals surface area (Å²) >= 11 is 5.94. The Morgan fingerprint density at radius 1 is 1.33 bits per heavy atom. The van der Waals surface area contributed by atoms with E-state index in [1.807, 2.05) is 0 Å². The zero-order chi connectivity index (χ0) is 20.2. The number of rotatable bonds is 6. The second-order valence-corrected chi connectivity index (χ2v) is 7.61. The number of carbonyl (C=O) groups is 1. The van der Waals surface area contributed by atoms with Crippen LogP contribution in [0.4, 0.5) is 4.39 Å². The number of nitriles is 1. The van der Waals surface area contributed by atoms with Gasteiger partial charge in [0, 0.05) is 18.2 Å². The molecule has 0 fully saturated rings. The summed E-state index contributed by atoms with van der Waals surface area (Å²) in [5.74, 6) is -1.41. The lowest BCUT2D eigenvalue weighted by atomic mass is 10.1. The molecule has 1 amide bonds. The van der Waals surface area contributed by atoms with E-state index >= 15 is 0 Å². The molecule has 2 aromatic carbocycles. The summed E-state index contributed by atoms with van der Waals surface area (Å²) in [6.45, 7) is 0. The van der Waals surface area contributed by atoms with E-state index in [1.54, 1.807) is 6.07 Å². The molecule has 0 saturated heterocycles. The number of hydroxylamine groups is 1. The van der Waals surface area contributed by atoms with Gasteiger partial charge in [-0.2, -0.15) is 5.26 Å². The molecule has 1 N–H and O–H groups in total. The van der Waals surface area contributed by atoms with Crippen molar-refractivity contribution in [1.82, 2.24) is 9.79 Å². The van der Waals surface area contributed by atoms with Crippen LogP contribution in [0.25, 0.3) is 0 Å². The van der Waals surface area contributed by atoms with Crippen molar-refractivity contribution < 1.29 is 22.4 Å². The molecule has 27 heavy (non-hydrogen) atoms. The molecular formula is C17H15ClFN3O4S. The van der Waals surface area contributed by atoms with Crippen molar-refractivity contribution >= 4 is 27.5 Å². The van der Waals surface area contributed by atoms with Gasteiger partial charge >= 0.3 is 0 Å². The third-order valence-corrected chi connectivity index (χ3v) is 5.85. The molecule has 0 radical (unpaired) electrons. The van der Waals surface area contributed by atoms with Gasteiger partial charge in [0.1, 0.15) is 16.8 Å². The van der Waals surface area contributed by atoms with Crippen LogP contribution in [0.5, 0.6) is 0 Å². The summed E-state index contributed by atoms with van der Waals surface area (Å²) < 4.78 is 39.2. The Morgan fingerprint density at radius 3 is 2.59 bits per heavy atom. The van der Waals surface area contributed by atoms with E-state index in [0.717, 1.165) is 13.2 Å². The van der Waals surface area contributed by atoms with Crippen molar-refractivity contribution in [3.05, 3.63) is 64.4 Å². The first-order valence-electron chi connectivity index (χ1n) is 7.50. The summed E-state index contributed by atoms with van der Waals surface area (Å²) in [4.78, 5) is 16.8. The molecule has 0 heterocycles. The molecule has 0 aliphatic carbocycles. The Bertz CT molecular complexity index is 1010. The Labute approximate surface area is 160 Å². The number of hydrogen-bond acceptors (Lipinski definition) is 5. The highest BCUT2D eigenvalue weighted by molar-refractivity contribution is 7.89. The molecule has 1 unspecified atom stereocenters. The Hall–Kier alpha value is -2.51. The van der Waals surface area contributed by atoms with Crippen LogP contribution in [0.3, 0.4) is 0 Å². The minimum atomic E-state index is -4.09. The average molecular weight is 412 g/mol. The number of halogens is 2. The second-order valence-electron chi connectivity index (χ2n) is 5.30. The number of benzene rings is 2. The number of sulfonamides is 1. The summed E-state index contributed by atoms with van der Waals surface area (Å²) in [6, 6.07) is 9.65. The summed E-state index contributed by atoms with van der Waals surface area (Å²) in [6.07, 6.45) is 0. The molecule has 0 spiro atoms. The van der Waals surface area contributed by atoms with Gasteiger partial charge in [0.25, 0.3) is 15.9 Å². The first-order chi connectivity index (χ1) is 12.7. The van der Waals surface area contributed by atoms with Crippen LogP contribution < -0.4 is 5.32 Å². The van der Waals surface area contributed by atoms with E-state index < -0.39 is 27.8 Å². The fourth-order valence-electron chi connectivity index (χ4n) is 2.18. The summed E-state index contributed by atoms with van der Waals surface area (Å²) in [5, 5.41) is 11.5. The van der Waals surface area contributed by atoms with Crippen LogP contribution in [-0.4, -0.2) is 33.0 Å². The van der Waals surface area contributed by atoms with E-state index in [4.69, 9.17) is 11.6 Å². The van der Waals surface area contributed by atoms with Crippen molar-refractivity contribution in [2.45, 2.75) is 10.9 Å². The SMILES string of the molecule is CON(C)S(=O)(=O)c1cc(C(=O)NC(C#N)c2ccccc2F)ccc1Cl. The Morgan fingerprint density at radius 2 is 2.00 bits per heavy atom. The van der Waals surface area contributed by atoms with Crippen LogP contribution in [0, 0.1) is 17.1 Å². The van der Waals surface area contributed by atoms with Gasteiger partial charge in [0.2, 0.25) is 0 Å². The van der Waals surface area contributed by atoms with Crippen LogP contribution in [0.2, 0.25) is 5.02 Å². The zero-order valence-corrected chi connectivity index (χ0v) is 15.9. The molecule has 7 nitrogen and oxygen atoms in total. The van der Waals surface area contributed by atoms with Gasteiger partial charge in [-0.1, -0.05) is 34.3 Å². The van der Waals surface area contributed by atoms with Gasteiger partial charge in [-0.25, -0.2) is 12.8 Å². The predicted octanol–water partition coefficient (Wildman–Crippen LogP) is 2.66. The molecule has 0 aromatic heterocycles. The number of nitrogens with one attached hydrogen (secondary N) is 1. The molecule has 0 bridgehead atoms. The standard InChI is InChI=1S/C17H15ClFN3O4S/c1-22(26-2)27(24,25)16-9-11(7-8-13(16)18)17(23)21-15(10-20)12-5-3-4-6-14(12)19/h3-9,15H,1-2H3,(H,21,23). The molecule has 0 aliphatic rings. The number of hydrogen-bond donors (Lipinski definition) is 1. The first-order valence-corrected chi connectivity index (χ1v) is 9.31. The predicted molar refractivity (Wildman–Crippen MR) is 95.6 cm³/mol. The number of carbonyl (C=O) groups excluding carboxylic acids is 1. The number of amides is 1. The lowest BCUT2D eigenvalue weighted by Crippen LogP contribution is -2.29. The lowest BCUT2D eigenvalue weighted by Gasteiger charge is -2.16. The second kappa shape index (κ2) is 8.45. The molecule has 2 rings (SSSR count). The van der Waals surface area contributed by atoms with Crippen LogP contribution in [0.1, 0.15) is 22.0 Å². The first kappa shape index (κ1) is 20.8. The third-order valence-electron chi connectivity index (χ3n) is 3.69. The topological polar surface area (TPSA) is 99.5 Å². The van der Waals surface area contributed by atoms with Gasteiger partial charge in [0.15, 0.2) is 0 Å². The van der Waals surface area contributed by atoms with Crippen molar-refractivity contribution in [1.29, 1.82) is 5.26 Å². The van der Waals surface area contributed by atoms with Gasteiger partial charge < -0.3 is 5.32 Å². The van der Waals surface area contributed by atoms with Crippen molar-refractivity contribution in [2.24, 2.45) is 0 Å². The molecule has 0 aliphatic heterocycles. The largest absolute Gasteiger partial charge is 0.332 e. The van der Waals surface area contributed by atoms with Gasteiger partial charge in [-0.15, -0.1) is 0 Å². The Balaban J connectivity index is 2.36. The summed E-state index contributed by atoms with van der Waals surface area (Å²) in [5.41, 5.74) is -0.0756. The highest BCUT2D eigenvalue weighted by Gasteiger charge is 2.26. The Kier molecular flexibility index (Phi) is 6.51. The third kappa shape index (κ3) is 4.43. The molecule has 1 atom stereocenters. The van der Waals surface area contributed by atoms with Gasteiger partial charge in [-0.05, 0) is 24.3 Å². The van der Waals surface area contributed by atoms with Crippen molar-refractivity contribution in [2.75, 3.05) is 14.2 Å². The van der Waals surface area contributed by atoms with Gasteiger partial charge in [0.05, 0.1) is 18.2 Å². The smallest absolute Gasteiger partial charge is 0.266 e. The maximum Gasteiger partial charge on any atom is 0.266 e. The van der Waals surface area contributed by atoms with E-state index in [1.165, 1.54) is 43.4 Å². The van der Waals surface area contributed by atoms with E-state index in [9.17, 15) is 22.9 Å². The summed E-state index contributed by atoms with van der Waals surface area (Å²) in [7, 11) is -1.76. The molecule has 142 valence electrons. The van der Waals surface area contributed by atoms with Gasteiger partial charge in [-0.3, -0.25) is 9.63 Å². The lowest BCUT2D eigenvalue weighted by molar-refractivity contribution is -0.0258. The quantitative estimate of drug-likeness (QED) is 0.736. The monoisotopic (exact) mass is 411 g/mol. The normalized spacial score (nSPS) is 12.4. The zero-order valence-electron chi connectivity index (χ0n) is 14.3. The van der Waals surface area contributed by atoms with Crippen molar-refractivity contribution in [3.8, 4) is 6.07 Å². The van der Waals surface area contributed by atoms with E-state index in [2.05, 4.69) is 10.2 Å². The number of nitrogens with zero attached hydrogens (tertiary/aromatic N) is 2. The van der Waals surface area contributed by atoms with Crippen LogP contribution >= 0.6 is 11.6 Å². The molecular weight excluding hydrogens is 397 g/mol. The minimum Gasteiger partial charge on any atom is -0.332 e. The fraction of sp³-hybridized carbons (Fsp3) is 0.176. The fourth-order valence-corrected chi connectivity index (χ4v) is 3.66. The average Bonchev–Trinajstić information content (AvgIpc) is 2.66. The highest BCUT2D eigenvalue weighted by atomic mass is 35.5. The maximum absolute atomic E-state index is 13.9. The van der Waals surface area contributed by atoms with Crippen molar-refractivity contribution in [3.63, 3.8) is 0 Å². The van der Waals surface area contributed by atoms with Crippen LogP contribution in [-0.2, 0) is 14.9 Å². The van der Waals surface area contributed by atoms with E-state index in [-0.39, 0.29) is 21.0 Å². The minimum absolute atomic E-state index is 0.00530. The molecule has 2 aromatic rings. The molecule has 0 saturated carbocycles. The molecule has 10 heteroatoms. The van der Waals surface area contributed by atoms with Crippen LogP contribution in [0.15, 0.2) is 47.4 Å².